The number of guanidine groups is 1. The van der Waals surface area contributed by atoms with Crippen molar-refractivity contribution < 1.29 is 9.26 Å². The Bertz CT molecular complexity index is 1250. The standard InChI is InChI=1S/C23H24N8O2.ClH/c1-32-18-10-8-16(9-11-18)19-14-30(29-27-19)13-15-4-6-17(7-5-15)21-26-22(33-28-21)20-3-2-12-31(20)23(24)25;/h4-11,14,20H,2-3,12-13H2,1H3,(H3,24,25);1H/t20-;/m0./s1. The molecule has 5 rings (SSSR count). The molecule has 1 saturated heterocycles. The molecule has 11 heteroatoms. The maximum Gasteiger partial charge on any atom is 0.249 e. The lowest BCUT2D eigenvalue weighted by molar-refractivity contribution is 0.283. The molecular formula is C23H25ClN8O2. The number of nitrogens with zero attached hydrogens (tertiary/aromatic N) is 6. The highest BCUT2D eigenvalue weighted by atomic mass is 35.5. The summed E-state index contributed by atoms with van der Waals surface area (Å²) >= 11 is 0. The van der Waals surface area contributed by atoms with Gasteiger partial charge in [-0.1, -0.05) is 34.6 Å². The Kier molecular flexibility index (Phi) is 6.78. The zero-order valence-corrected chi connectivity index (χ0v) is 19.4. The Balaban J connectivity index is 0.00000274. The van der Waals surface area contributed by atoms with Gasteiger partial charge in [-0.15, -0.1) is 17.5 Å². The van der Waals surface area contributed by atoms with Crippen LogP contribution in [0, 0.1) is 5.41 Å². The summed E-state index contributed by atoms with van der Waals surface area (Å²) in [7, 11) is 1.64. The van der Waals surface area contributed by atoms with Gasteiger partial charge in [0.2, 0.25) is 11.7 Å². The number of hydrogen-bond acceptors (Lipinski definition) is 7. The summed E-state index contributed by atoms with van der Waals surface area (Å²) in [6.45, 7) is 1.32. The Labute approximate surface area is 202 Å². The van der Waals surface area contributed by atoms with Crippen LogP contribution in [0.1, 0.15) is 30.3 Å². The maximum absolute atomic E-state index is 7.72. The first-order valence-electron chi connectivity index (χ1n) is 10.7. The highest BCUT2D eigenvalue weighted by Crippen LogP contribution is 2.31. The number of nitrogens with two attached hydrogens (primary N) is 1. The average Bonchev–Trinajstić information content (AvgIpc) is 3.60. The predicted molar refractivity (Wildman–Crippen MR) is 129 cm³/mol. The number of hydrogen-bond donors (Lipinski definition) is 2. The van der Waals surface area contributed by atoms with Crippen molar-refractivity contribution in [3.05, 3.63) is 66.2 Å². The summed E-state index contributed by atoms with van der Waals surface area (Å²) in [4.78, 5) is 6.34. The van der Waals surface area contributed by atoms with E-state index in [1.165, 1.54) is 0 Å². The zero-order valence-electron chi connectivity index (χ0n) is 18.6. The molecular weight excluding hydrogens is 456 g/mol. The quantitative estimate of drug-likeness (QED) is 0.316. The molecule has 1 atom stereocenters. The van der Waals surface area contributed by atoms with Crippen LogP contribution in [0.25, 0.3) is 22.6 Å². The van der Waals surface area contributed by atoms with Gasteiger partial charge in [0, 0.05) is 17.7 Å². The molecule has 0 radical (unpaired) electrons. The summed E-state index contributed by atoms with van der Waals surface area (Å²) in [6.07, 6.45) is 3.71. The van der Waals surface area contributed by atoms with E-state index in [0.29, 0.717) is 18.3 Å². The lowest BCUT2D eigenvalue weighted by Crippen LogP contribution is -2.35. The van der Waals surface area contributed by atoms with Crippen molar-refractivity contribution >= 4 is 18.4 Å². The molecule has 0 aliphatic carbocycles. The highest BCUT2D eigenvalue weighted by Gasteiger charge is 2.31. The Morgan fingerprint density at radius 1 is 1.15 bits per heavy atom. The van der Waals surface area contributed by atoms with Gasteiger partial charge in [-0.3, -0.25) is 5.41 Å². The van der Waals surface area contributed by atoms with E-state index in [1.807, 2.05) is 54.7 Å². The number of methoxy groups -OCH3 is 1. The molecule has 1 aliphatic heterocycles. The molecule has 2 aromatic carbocycles. The summed E-state index contributed by atoms with van der Waals surface area (Å²) in [5, 5.41) is 20.4. The van der Waals surface area contributed by atoms with Gasteiger partial charge in [0.25, 0.3) is 0 Å². The molecule has 10 nitrogen and oxygen atoms in total. The van der Waals surface area contributed by atoms with Crippen molar-refractivity contribution in [3.63, 3.8) is 0 Å². The van der Waals surface area contributed by atoms with Crippen molar-refractivity contribution in [3.8, 4) is 28.4 Å². The third-order valence-corrected chi connectivity index (χ3v) is 5.77. The van der Waals surface area contributed by atoms with Crippen LogP contribution in [0.3, 0.4) is 0 Å². The Hall–Kier alpha value is -3.92. The van der Waals surface area contributed by atoms with Gasteiger partial charge >= 0.3 is 0 Å². The lowest BCUT2D eigenvalue weighted by Gasteiger charge is -2.21. The topological polar surface area (TPSA) is 132 Å². The van der Waals surface area contributed by atoms with E-state index in [-0.39, 0.29) is 24.4 Å². The fraction of sp³-hybridized carbons (Fsp3) is 0.261. The van der Waals surface area contributed by atoms with Crippen molar-refractivity contribution in [2.75, 3.05) is 13.7 Å². The molecule has 3 heterocycles. The van der Waals surface area contributed by atoms with Crippen LogP contribution in [0.15, 0.2) is 59.3 Å². The molecule has 0 amide bonds. The lowest BCUT2D eigenvalue weighted by atomic mass is 10.1. The van der Waals surface area contributed by atoms with Crippen LogP contribution < -0.4 is 10.5 Å². The molecule has 1 aliphatic rings. The third-order valence-electron chi connectivity index (χ3n) is 5.77. The zero-order chi connectivity index (χ0) is 22.8. The SMILES string of the molecule is COc1ccc(-c2cn(Cc3ccc(-c4noc([C@@H]5CCCN5C(=N)N)n4)cc3)nn2)cc1.Cl. The van der Waals surface area contributed by atoms with Crippen LogP contribution in [-0.4, -0.2) is 49.6 Å². The number of rotatable bonds is 6. The molecule has 0 saturated carbocycles. The molecule has 1 fully saturated rings. The molecule has 176 valence electrons. The number of nitrogens with one attached hydrogen (secondary N) is 1. The third kappa shape index (κ3) is 4.72. The van der Waals surface area contributed by atoms with E-state index in [0.717, 1.165) is 47.5 Å². The summed E-state index contributed by atoms with van der Waals surface area (Å²) in [5.74, 6) is 1.86. The normalized spacial score (nSPS) is 15.2. The van der Waals surface area contributed by atoms with E-state index in [4.69, 9.17) is 20.4 Å². The van der Waals surface area contributed by atoms with E-state index in [9.17, 15) is 0 Å². The number of likely N-dealkylation sites (tertiary alicyclic amines) is 1. The minimum atomic E-state index is -0.129. The minimum Gasteiger partial charge on any atom is -0.497 e. The van der Waals surface area contributed by atoms with Gasteiger partial charge in [-0.05, 0) is 42.7 Å². The first kappa shape index (κ1) is 23.2. The van der Waals surface area contributed by atoms with Crippen LogP contribution >= 0.6 is 12.4 Å². The number of ether oxygens (including phenoxy) is 1. The predicted octanol–water partition coefficient (Wildman–Crippen LogP) is 3.50. The summed E-state index contributed by atoms with van der Waals surface area (Å²) in [6, 6.07) is 15.5. The smallest absolute Gasteiger partial charge is 0.249 e. The molecule has 34 heavy (non-hydrogen) atoms. The van der Waals surface area contributed by atoms with E-state index >= 15 is 0 Å². The molecule has 0 unspecified atom stereocenters. The van der Waals surface area contributed by atoms with Crippen molar-refractivity contribution in [2.24, 2.45) is 5.73 Å². The number of aromatic nitrogens is 5. The van der Waals surface area contributed by atoms with Gasteiger partial charge in [-0.25, -0.2) is 4.68 Å². The van der Waals surface area contributed by atoms with Crippen LogP contribution in [0.4, 0.5) is 0 Å². The summed E-state index contributed by atoms with van der Waals surface area (Å²) in [5.41, 5.74) is 9.40. The van der Waals surface area contributed by atoms with Gasteiger partial charge in [0.15, 0.2) is 5.96 Å². The fourth-order valence-corrected chi connectivity index (χ4v) is 4.02. The molecule has 2 aromatic heterocycles. The Morgan fingerprint density at radius 2 is 1.88 bits per heavy atom. The largest absolute Gasteiger partial charge is 0.497 e. The van der Waals surface area contributed by atoms with Crippen LogP contribution in [0.5, 0.6) is 5.75 Å². The monoisotopic (exact) mass is 480 g/mol. The second-order valence-electron chi connectivity index (χ2n) is 7.92. The number of halogens is 1. The fourth-order valence-electron chi connectivity index (χ4n) is 4.02. The van der Waals surface area contributed by atoms with Gasteiger partial charge in [-0.2, -0.15) is 4.98 Å². The van der Waals surface area contributed by atoms with Crippen molar-refractivity contribution in [2.45, 2.75) is 25.4 Å². The van der Waals surface area contributed by atoms with E-state index in [2.05, 4.69) is 20.5 Å². The van der Waals surface area contributed by atoms with Crippen LogP contribution in [0.2, 0.25) is 0 Å². The van der Waals surface area contributed by atoms with Crippen molar-refractivity contribution in [1.29, 1.82) is 5.41 Å². The minimum absolute atomic E-state index is 0. The molecule has 0 bridgehead atoms. The second-order valence-corrected chi connectivity index (χ2v) is 7.92. The molecule has 4 aromatic rings. The van der Waals surface area contributed by atoms with Crippen molar-refractivity contribution in [1.82, 2.24) is 30.0 Å². The first-order chi connectivity index (χ1) is 16.1. The Morgan fingerprint density at radius 3 is 2.59 bits per heavy atom. The van der Waals surface area contributed by atoms with E-state index in [1.54, 1.807) is 16.7 Å². The highest BCUT2D eigenvalue weighted by molar-refractivity contribution is 5.85. The van der Waals surface area contributed by atoms with Gasteiger partial charge in [0.1, 0.15) is 17.5 Å². The summed E-state index contributed by atoms with van der Waals surface area (Å²) < 4.78 is 12.5. The van der Waals surface area contributed by atoms with E-state index < -0.39 is 0 Å². The van der Waals surface area contributed by atoms with Gasteiger partial charge < -0.3 is 19.9 Å². The molecule has 0 spiro atoms. The van der Waals surface area contributed by atoms with Gasteiger partial charge in [0.05, 0.1) is 19.9 Å². The second kappa shape index (κ2) is 9.92. The molecule has 3 N–H and O–H groups in total. The number of benzene rings is 2. The first-order valence-corrected chi connectivity index (χ1v) is 10.7. The van der Waals surface area contributed by atoms with Crippen LogP contribution in [-0.2, 0) is 6.54 Å². The average molecular weight is 481 g/mol. The maximum atomic E-state index is 7.72.